The smallest absolute Gasteiger partial charge is 0.444 e. The number of carbonyl (C=O) groups excluding carboxylic acids is 1. The average molecular weight is 1210 g/mol. The molecule has 0 unspecified atom stereocenters. The number of anilines is 5. The van der Waals surface area contributed by atoms with Gasteiger partial charge in [0.2, 0.25) is 5.88 Å². The number of benzene rings is 3. The molecule has 6 rings (SSSR count). The molecule has 416 valence electrons. The third kappa shape index (κ3) is 14.6. The number of rotatable bonds is 21. The normalized spacial score (nSPS) is 12.8. The SMILES string of the molecule is CCn1c(O)c(N=Nc2cc(Nc3nc(Nc4cc(N)c(S(=O)(=O)O)cc4N=Nc4ccc(S(=O)(=O)CCOS(=O)(=O)O)cc4S(=O)(=O)O)nc(-[n+]4cccc(C(N)=O)c4)n3)ccc2S(=O)(=O)O)c(C)c(CS(=O)(=O)O)c1=O. The number of hydrogen-bond donors (Lipinski definition) is 10. The second kappa shape index (κ2) is 22.2. The van der Waals surface area contributed by atoms with Gasteiger partial charge in [0.05, 0.1) is 46.6 Å². The van der Waals surface area contributed by atoms with Crippen LogP contribution in [-0.4, -0.2) is 116 Å². The Morgan fingerprint density at radius 2 is 1.36 bits per heavy atom. The standard InChI is InChI=1S/C38H37N13O21S6/c1-3-51-34(53)23(18-74(57,58)59)19(2)32(35(51)54)49-48-28-13-21(6-9-29(28)75(60,61)62)41-36-43-37(45-38(44-36)50-10-4-5-20(17-50)33(40)52)42-26-15-24(39)30(76(63,64)65)16-27(26)47-46-25-8-7-22(14-31(25)77(66,67)68)73(55,56)12-11-72-78(69,70)71/h4-10,13-17H,3,11-12,18H2,1-2H3,(H11-,39,40,41,42,43,44,45,46,48,52,53,54,57,58,59,60,61,62,63,64,65,66,67,68,69,70,71)/p+1. The van der Waals surface area contributed by atoms with E-state index in [1.807, 2.05) is 0 Å². The van der Waals surface area contributed by atoms with Gasteiger partial charge in [0.25, 0.3) is 51.9 Å². The summed E-state index contributed by atoms with van der Waals surface area (Å²) in [6.45, 7) is 1.18. The van der Waals surface area contributed by atoms with E-state index in [0.29, 0.717) is 22.8 Å². The summed E-state index contributed by atoms with van der Waals surface area (Å²) in [5.41, 5.74) is 5.61. The van der Waals surface area contributed by atoms with Gasteiger partial charge in [-0.15, -0.1) is 25.4 Å². The van der Waals surface area contributed by atoms with Gasteiger partial charge < -0.3 is 27.2 Å². The lowest BCUT2D eigenvalue weighted by atomic mass is 10.1. The molecule has 0 aliphatic rings. The van der Waals surface area contributed by atoms with Crippen LogP contribution >= 0.6 is 0 Å². The summed E-state index contributed by atoms with van der Waals surface area (Å²) in [6, 6.07) is 8.80. The van der Waals surface area contributed by atoms with Crippen molar-refractivity contribution in [1.29, 1.82) is 0 Å². The average Bonchev–Trinajstić information content (AvgIpc) is 3.36. The number of primary amides is 1. The molecule has 40 heteroatoms. The Labute approximate surface area is 440 Å². The van der Waals surface area contributed by atoms with Gasteiger partial charge >= 0.3 is 28.2 Å². The molecule has 12 N–H and O–H groups in total. The van der Waals surface area contributed by atoms with Gasteiger partial charge in [0, 0.05) is 17.8 Å². The van der Waals surface area contributed by atoms with Gasteiger partial charge in [0.1, 0.15) is 43.2 Å². The lowest BCUT2D eigenvalue weighted by Gasteiger charge is -2.14. The van der Waals surface area contributed by atoms with Crippen LogP contribution < -0.4 is 32.2 Å². The molecule has 3 aromatic carbocycles. The zero-order valence-electron chi connectivity index (χ0n) is 39.2. The number of aromatic hydroxyl groups is 1. The number of aromatic nitrogens is 5. The van der Waals surface area contributed by atoms with Crippen molar-refractivity contribution < 1.29 is 91.9 Å². The summed E-state index contributed by atoms with van der Waals surface area (Å²) < 4.78 is 200. The highest BCUT2D eigenvalue weighted by Gasteiger charge is 2.27. The summed E-state index contributed by atoms with van der Waals surface area (Å²) >= 11 is 0. The number of pyridine rings is 2. The van der Waals surface area contributed by atoms with Gasteiger partial charge in [0.15, 0.2) is 9.84 Å². The van der Waals surface area contributed by atoms with Gasteiger partial charge in [-0.25, -0.2) is 17.2 Å². The number of nitrogens with one attached hydrogen (secondary N) is 2. The van der Waals surface area contributed by atoms with Crippen molar-refractivity contribution in [3.8, 4) is 11.8 Å². The van der Waals surface area contributed by atoms with Crippen LogP contribution in [-0.2, 0) is 77.2 Å². The lowest BCUT2D eigenvalue weighted by Crippen LogP contribution is -2.34. The van der Waals surface area contributed by atoms with Crippen LogP contribution in [0.1, 0.15) is 28.4 Å². The van der Waals surface area contributed by atoms with Crippen LogP contribution in [0.15, 0.2) is 118 Å². The maximum Gasteiger partial charge on any atom is 0.444 e. The molecule has 0 atom stereocenters. The number of carbonyl (C=O) groups is 1. The Bertz CT molecular complexity index is 4290. The summed E-state index contributed by atoms with van der Waals surface area (Å²) in [6.07, 6.45) is 2.49. The monoisotopic (exact) mass is 1200 g/mol. The molecule has 0 bridgehead atoms. The molecule has 0 aliphatic carbocycles. The summed E-state index contributed by atoms with van der Waals surface area (Å²) in [7, 11) is -30.2. The fourth-order valence-electron chi connectivity index (χ4n) is 6.65. The zero-order chi connectivity index (χ0) is 58.1. The number of amides is 1. The number of nitrogen functional groups attached to an aromatic ring is 1. The number of sulfone groups is 1. The topological polar surface area (TPSA) is 543 Å². The summed E-state index contributed by atoms with van der Waals surface area (Å²) in [5, 5.41) is 31.6. The van der Waals surface area contributed by atoms with E-state index < -0.39 is 167 Å². The van der Waals surface area contributed by atoms with Crippen molar-refractivity contribution in [3.05, 3.63) is 100 Å². The largest absolute Gasteiger partial charge is 0.493 e. The molecule has 1 amide bonds. The van der Waals surface area contributed by atoms with Gasteiger partial charge in [-0.1, -0.05) is 0 Å². The predicted molar refractivity (Wildman–Crippen MR) is 266 cm³/mol. The van der Waals surface area contributed by atoms with E-state index in [1.54, 1.807) is 0 Å². The second-order valence-corrected chi connectivity index (χ2v) is 24.4. The van der Waals surface area contributed by atoms with Crippen molar-refractivity contribution in [1.82, 2.24) is 19.5 Å². The van der Waals surface area contributed by atoms with E-state index in [1.165, 1.54) is 31.5 Å². The van der Waals surface area contributed by atoms with E-state index in [0.717, 1.165) is 41.8 Å². The highest BCUT2D eigenvalue weighted by atomic mass is 32.3. The fraction of sp³-hybridized carbons (Fsp3) is 0.158. The molecule has 0 fully saturated rings. The molecule has 6 aromatic rings. The first kappa shape index (κ1) is 59.3. The van der Waals surface area contributed by atoms with Crippen LogP contribution in [0.5, 0.6) is 5.88 Å². The van der Waals surface area contributed by atoms with E-state index in [4.69, 9.17) is 16.0 Å². The van der Waals surface area contributed by atoms with Crippen LogP contribution in [0.25, 0.3) is 5.95 Å². The highest BCUT2D eigenvalue weighted by Crippen LogP contribution is 2.38. The maximum absolute atomic E-state index is 13.0. The van der Waals surface area contributed by atoms with Crippen LogP contribution in [0.2, 0.25) is 0 Å². The molecule has 0 saturated carbocycles. The van der Waals surface area contributed by atoms with Gasteiger partial charge in [-0.05, 0) is 90.0 Å². The molecule has 0 aliphatic heterocycles. The van der Waals surface area contributed by atoms with E-state index in [9.17, 15) is 83.4 Å². The number of azo groups is 2. The molecule has 3 heterocycles. The van der Waals surface area contributed by atoms with Crippen molar-refractivity contribution in [3.63, 3.8) is 0 Å². The summed E-state index contributed by atoms with van der Waals surface area (Å²) in [4.78, 5) is 34.1. The minimum Gasteiger partial charge on any atom is -0.493 e. The Morgan fingerprint density at radius 1 is 0.744 bits per heavy atom. The maximum atomic E-state index is 13.0. The van der Waals surface area contributed by atoms with E-state index in [2.05, 4.69) is 50.2 Å². The number of hydrogen-bond acceptors (Lipinski definition) is 26. The van der Waals surface area contributed by atoms with E-state index in [-0.39, 0.29) is 29.3 Å². The predicted octanol–water partition coefficient (Wildman–Crippen LogP) is 2.06. The molecule has 3 aromatic heterocycles. The molecule has 78 heavy (non-hydrogen) atoms. The lowest BCUT2D eigenvalue weighted by molar-refractivity contribution is -0.603. The number of nitrogens with two attached hydrogens (primary N) is 2. The van der Waals surface area contributed by atoms with Crippen molar-refractivity contribution in [2.24, 2.45) is 26.2 Å². The zero-order valence-corrected chi connectivity index (χ0v) is 44.1. The van der Waals surface area contributed by atoms with Gasteiger partial charge in [-0.2, -0.15) is 42.1 Å². The first-order valence-corrected chi connectivity index (χ1v) is 29.7. The molecule has 0 saturated heterocycles. The molecular weight excluding hydrogens is 1170 g/mol. The summed E-state index contributed by atoms with van der Waals surface area (Å²) in [5.74, 6) is -5.50. The van der Waals surface area contributed by atoms with Crippen molar-refractivity contribution >= 4 is 118 Å². The molecule has 0 spiro atoms. The fourth-order valence-corrected chi connectivity index (χ4v) is 10.8. The van der Waals surface area contributed by atoms with Crippen LogP contribution in [0.4, 0.5) is 51.7 Å². The number of nitrogens with zero attached hydrogens (tertiary/aromatic N) is 9. The van der Waals surface area contributed by atoms with Crippen molar-refractivity contribution in [2.45, 2.75) is 45.7 Å². The molecule has 0 radical (unpaired) electrons. The second-order valence-electron chi connectivity index (χ2n) is 15.6. The Hall–Kier alpha value is -7.90. The quantitative estimate of drug-likeness (QED) is 0.0213. The Kier molecular flexibility index (Phi) is 16.9. The van der Waals surface area contributed by atoms with Crippen molar-refractivity contribution in [2.75, 3.05) is 28.7 Å². The minimum absolute atomic E-state index is 0.0872. The third-order valence-corrected chi connectivity index (χ3v) is 15.7. The third-order valence-electron chi connectivity index (χ3n) is 10.2. The Morgan fingerprint density at radius 3 is 1.95 bits per heavy atom. The van der Waals surface area contributed by atoms with Crippen LogP contribution in [0, 0.1) is 6.92 Å². The highest BCUT2D eigenvalue weighted by molar-refractivity contribution is 7.91. The first-order valence-electron chi connectivity index (χ1n) is 20.8. The molecular formula is C38H38N13O21S6+. The minimum atomic E-state index is -5.40. The van der Waals surface area contributed by atoms with E-state index >= 15 is 0 Å². The van der Waals surface area contributed by atoms with Crippen LogP contribution in [0.3, 0.4) is 0 Å². The first-order chi connectivity index (χ1) is 36.0. The van der Waals surface area contributed by atoms with Gasteiger partial charge in [-0.3, -0.25) is 36.9 Å². The Balaban J connectivity index is 1.49. The molecule has 34 nitrogen and oxygen atoms in total.